The lowest BCUT2D eigenvalue weighted by Gasteiger charge is -2.22. The molecule has 0 aromatic heterocycles. The lowest BCUT2D eigenvalue weighted by Crippen LogP contribution is -2.39. The number of carbonyl (C=O) groups excluding carboxylic acids is 2. The quantitative estimate of drug-likeness (QED) is 0.656. The second kappa shape index (κ2) is 8.74. The molecule has 0 bridgehead atoms. The molecule has 0 radical (unpaired) electrons. The van der Waals surface area contributed by atoms with Crippen molar-refractivity contribution in [3.05, 3.63) is 52.5 Å². The van der Waals surface area contributed by atoms with Crippen LogP contribution in [0.5, 0.6) is 11.5 Å². The molecule has 2 aromatic carbocycles. The topological polar surface area (TPSA) is 65.1 Å². The maximum Gasteiger partial charge on any atom is 0.339 e. The number of para-hydroxylation sites is 1. The molecule has 0 spiro atoms. The number of fused-ring (bicyclic) bond motifs is 1. The summed E-state index contributed by atoms with van der Waals surface area (Å²) in [6.07, 6.45) is -0.266. The molecule has 1 atom stereocenters. The molecule has 7 heteroatoms. The summed E-state index contributed by atoms with van der Waals surface area (Å²) in [5.41, 5.74) is 2.15. The zero-order chi connectivity index (χ0) is 21.1. The molecule has 1 heterocycles. The first kappa shape index (κ1) is 21.0. The number of esters is 1. The lowest BCUT2D eigenvalue weighted by atomic mass is 10.2. The lowest BCUT2D eigenvalue weighted by molar-refractivity contribution is -0.126. The van der Waals surface area contributed by atoms with Gasteiger partial charge in [0.2, 0.25) is 0 Å². The number of anilines is 1. The minimum atomic E-state index is -0.940. The van der Waals surface area contributed by atoms with Crippen LogP contribution in [0.4, 0.5) is 5.69 Å². The first-order valence-corrected chi connectivity index (χ1v) is 9.84. The van der Waals surface area contributed by atoms with E-state index in [1.807, 2.05) is 38.1 Å². The summed E-state index contributed by atoms with van der Waals surface area (Å²) < 4.78 is 16.4. The molecule has 0 N–H and O–H groups in total. The molecule has 1 aliphatic rings. The van der Waals surface area contributed by atoms with Crippen molar-refractivity contribution in [2.24, 2.45) is 0 Å². The Morgan fingerprint density at radius 3 is 2.55 bits per heavy atom. The molecule has 0 saturated carbocycles. The van der Waals surface area contributed by atoms with Crippen LogP contribution in [-0.4, -0.2) is 37.7 Å². The van der Waals surface area contributed by atoms with Gasteiger partial charge >= 0.3 is 5.97 Å². The van der Waals surface area contributed by atoms with Crippen LogP contribution in [-0.2, 0) is 16.0 Å². The van der Waals surface area contributed by atoms with Crippen molar-refractivity contribution in [3.8, 4) is 11.5 Å². The van der Waals surface area contributed by atoms with E-state index in [1.54, 1.807) is 11.8 Å². The Labute approximate surface area is 175 Å². The number of ether oxygens (including phenoxy) is 3. The van der Waals surface area contributed by atoms with Gasteiger partial charge in [-0.15, -0.1) is 0 Å². The van der Waals surface area contributed by atoms with Crippen molar-refractivity contribution in [2.75, 3.05) is 18.6 Å². The Morgan fingerprint density at radius 2 is 1.86 bits per heavy atom. The van der Waals surface area contributed by atoms with Gasteiger partial charge in [0.05, 0.1) is 23.8 Å². The number of rotatable bonds is 6. The first-order valence-electron chi connectivity index (χ1n) is 9.46. The van der Waals surface area contributed by atoms with Gasteiger partial charge in [-0.3, -0.25) is 4.79 Å². The van der Waals surface area contributed by atoms with Gasteiger partial charge in [-0.25, -0.2) is 4.79 Å². The smallest absolute Gasteiger partial charge is 0.339 e. The molecule has 2 aromatic rings. The zero-order valence-electron chi connectivity index (χ0n) is 16.9. The number of benzene rings is 2. The van der Waals surface area contributed by atoms with E-state index < -0.39 is 12.1 Å². The second-order valence-corrected chi connectivity index (χ2v) is 7.48. The normalized spacial score (nSPS) is 13.8. The Kier molecular flexibility index (Phi) is 6.33. The van der Waals surface area contributed by atoms with Gasteiger partial charge in [0.1, 0.15) is 0 Å². The first-order chi connectivity index (χ1) is 13.8. The Hall–Kier alpha value is -2.73. The number of nitrogens with zero attached hydrogens (tertiary/aromatic N) is 1. The Morgan fingerprint density at radius 1 is 1.14 bits per heavy atom. The average molecular weight is 418 g/mol. The van der Waals surface area contributed by atoms with Crippen LogP contribution in [0.1, 0.15) is 36.7 Å². The summed E-state index contributed by atoms with van der Waals surface area (Å²) in [4.78, 5) is 27.1. The standard InChI is InChI=1S/C22H24ClNO5/c1-13(2)28-20-17(23)11-16(12-19(20)27-4)22(26)29-14(3)21(25)24-10-9-15-7-5-6-8-18(15)24/h5-8,11-14H,9-10H2,1-4H3/t14-/m1/s1. The molecule has 154 valence electrons. The predicted octanol–water partition coefficient (Wildman–Crippen LogP) is 4.27. The summed E-state index contributed by atoms with van der Waals surface area (Å²) >= 11 is 6.27. The third-order valence-electron chi connectivity index (χ3n) is 4.60. The van der Waals surface area contributed by atoms with Crippen LogP contribution in [0.15, 0.2) is 36.4 Å². The highest BCUT2D eigenvalue weighted by atomic mass is 35.5. The van der Waals surface area contributed by atoms with Crippen LogP contribution in [0, 0.1) is 0 Å². The van der Waals surface area contributed by atoms with Crippen molar-refractivity contribution in [3.63, 3.8) is 0 Å². The number of methoxy groups -OCH3 is 1. The van der Waals surface area contributed by atoms with Crippen LogP contribution >= 0.6 is 11.6 Å². The van der Waals surface area contributed by atoms with E-state index >= 15 is 0 Å². The minimum absolute atomic E-state index is 0.111. The molecule has 29 heavy (non-hydrogen) atoms. The number of carbonyl (C=O) groups is 2. The fourth-order valence-electron chi connectivity index (χ4n) is 3.25. The molecule has 6 nitrogen and oxygen atoms in total. The summed E-state index contributed by atoms with van der Waals surface area (Å²) in [5.74, 6) is -0.236. The van der Waals surface area contributed by atoms with Gasteiger partial charge in [-0.1, -0.05) is 29.8 Å². The SMILES string of the molecule is COc1cc(C(=O)O[C@H](C)C(=O)N2CCc3ccccc32)cc(Cl)c1OC(C)C. The Balaban J connectivity index is 1.74. The highest BCUT2D eigenvalue weighted by molar-refractivity contribution is 6.32. The summed E-state index contributed by atoms with van der Waals surface area (Å²) in [6.45, 7) is 5.86. The average Bonchev–Trinajstić information content (AvgIpc) is 3.12. The predicted molar refractivity (Wildman–Crippen MR) is 111 cm³/mol. The number of hydrogen-bond acceptors (Lipinski definition) is 5. The molecular weight excluding hydrogens is 394 g/mol. The van der Waals surface area contributed by atoms with E-state index in [9.17, 15) is 9.59 Å². The number of hydrogen-bond donors (Lipinski definition) is 0. The second-order valence-electron chi connectivity index (χ2n) is 7.07. The molecule has 0 fully saturated rings. The van der Waals surface area contributed by atoms with Crippen LogP contribution in [0.2, 0.25) is 5.02 Å². The van der Waals surface area contributed by atoms with Crippen molar-refractivity contribution >= 4 is 29.2 Å². The van der Waals surface area contributed by atoms with Gasteiger partial charge in [-0.2, -0.15) is 0 Å². The molecule has 0 saturated heterocycles. The molecular formula is C22H24ClNO5. The van der Waals surface area contributed by atoms with E-state index in [0.29, 0.717) is 18.0 Å². The largest absolute Gasteiger partial charge is 0.493 e. The highest BCUT2D eigenvalue weighted by Crippen LogP contribution is 2.37. The van der Waals surface area contributed by atoms with Gasteiger partial charge < -0.3 is 19.1 Å². The van der Waals surface area contributed by atoms with E-state index in [1.165, 1.54) is 19.2 Å². The molecule has 1 amide bonds. The molecule has 1 aliphatic heterocycles. The monoisotopic (exact) mass is 417 g/mol. The zero-order valence-corrected chi connectivity index (χ0v) is 17.7. The fourth-order valence-corrected chi connectivity index (χ4v) is 3.51. The van der Waals surface area contributed by atoms with Crippen molar-refractivity contribution in [1.29, 1.82) is 0 Å². The maximum absolute atomic E-state index is 12.8. The van der Waals surface area contributed by atoms with Crippen molar-refractivity contribution in [1.82, 2.24) is 0 Å². The number of halogens is 1. The van der Waals surface area contributed by atoms with Crippen LogP contribution in [0.25, 0.3) is 0 Å². The number of amides is 1. The Bertz CT molecular complexity index is 927. The van der Waals surface area contributed by atoms with E-state index in [2.05, 4.69) is 0 Å². The fraction of sp³-hybridized carbons (Fsp3) is 0.364. The maximum atomic E-state index is 12.8. The summed E-state index contributed by atoms with van der Waals surface area (Å²) in [5, 5.41) is 0.234. The van der Waals surface area contributed by atoms with E-state index in [0.717, 1.165) is 17.7 Å². The third kappa shape index (κ3) is 4.48. The van der Waals surface area contributed by atoms with Crippen LogP contribution in [0.3, 0.4) is 0 Å². The van der Waals surface area contributed by atoms with E-state index in [4.69, 9.17) is 25.8 Å². The molecule has 0 aliphatic carbocycles. The summed E-state index contributed by atoms with van der Waals surface area (Å²) in [7, 11) is 1.46. The van der Waals surface area contributed by atoms with E-state index in [-0.39, 0.29) is 22.6 Å². The van der Waals surface area contributed by atoms with Crippen molar-refractivity contribution < 1.29 is 23.8 Å². The van der Waals surface area contributed by atoms with Gasteiger partial charge in [0.25, 0.3) is 5.91 Å². The van der Waals surface area contributed by atoms with Gasteiger partial charge in [0.15, 0.2) is 17.6 Å². The van der Waals surface area contributed by atoms with Gasteiger partial charge in [0, 0.05) is 12.2 Å². The minimum Gasteiger partial charge on any atom is -0.493 e. The summed E-state index contributed by atoms with van der Waals surface area (Å²) in [6, 6.07) is 10.7. The van der Waals surface area contributed by atoms with Crippen molar-refractivity contribution in [2.45, 2.75) is 39.4 Å². The molecule has 3 rings (SSSR count). The van der Waals surface area contributed by atoms with Gasteiger partial charge in [-0.05, 0) is 51.0 Å². The molecule has 0 unspecified atom stereocenters. The highest BCUT2D eigenvalue weighted by Gasteiger charge is 2.30. The van der Waals surface area contributed by atoms with Crippen LogP contribution < -0.4 is 14.4 Å². The third-order valence-corrected chi connectivity index (χ3v) is 4.88.